The van der Waals surface area contributed by atoms with E-state index in [4.69, 9.17) is 9.47 Å². The summed E-state index contributed by atoms with van der Waals surface area (Å²) in [7, 11) is 3.18. The maximum atomic E-state index is 5.00. The molecule has 0 unspecified atom stereocenters. The molecule has 0 atom stereocenters. The first-order valence-electron chi connectivity index (χ1n) is 3.36. The van der Waals surface area contributed by atoms with Crippen molar-refractivity contribution in [2.24, 2.45) is 0 Å². The molecule has 0 aliphatic carbocycles. The van der Waals surface area contributed by atoms with Crippen molar-refractivity contribution in [3.8, 4) is 0 Å². The maximum Gasteiger partial charge on any atom is 0.122 e. The van der Waals surface area contributed by atoms with Crippen LogP contribution in [0.15, 0.2) is 36.3 Å². The van der Waals surface area contributed by atoms with Gasteiger partial charge in [0.1, 0.15) is 11.5 Å². The van der Waals surface area contributed by atoms with Crippen LogP contribution in [0.25, 0.3) is 0 Å². The molecule has 62 valence electrons. The van der Waals surface area contributed by atoms with Crippen molar-refractivity contribution in [3.63, 3.8) is 0 Å². The van der Waals surface area contributed by atoms with E-state index in [1.54, 1.807) is 20.3 Å². The topological polar surface area (TPSA) is 18.5 Å². The summed E-state index contributed by atoms with van der Waals surface area (Å²) in [5.41, 5.74) is 0. The van der Waals surface area contributed by atoms with Crippen LogP contribution in [-0.2, 0) is 9.47 Å². The Morgan fingerprint density at radius 1 is 1.27 bits per heavy atom. The molecule has 0 rings (SSSR count). The molecule has 0 aliphatic heterocycles. The SMILES string of the molecule is C=C(/C=C(\C=C/C)OC)OC. The lowest BCUT2D eigenvalue weighted by molar-refractivity contribution is 0.286. The van der Waals surface area contributed by atoms with E-state index in [2.05, 4.69) is 6.58 Å². The summed E-state index contributed by atoms with van der Waals surface area (Å²) >= 11 is 0. The van der Waals surface area contributed by atoms with Crippen LogP contribution in [0.1, 0.15) is 6.92 Å². The van der Waals surface area contributed by atoms with Crippen molar-refractivity contribution in [1.82, 2.24) is 0 Å². The van der Waals surface area contributed by atoms with Crippen molar-refractivity contribution in [2.45, 2.75) is 6.92 Å². The molecule has 11 heavy (non-hydrogen) atoms. The monoisotopic (exact) mass is 154 g/mol. The Hall–Kier alpha value is -1.18. The number of hydrogen-bond donors (Lipinski definition) is 0. The van der Waals surface area contributed by atoms with Crippen LogP contribution in [0.4, 0.5) is 0 Å². The van der Waals surface area contributed by atoms with Gasteiger partial charge in [0.15, 0.2) is 0 Å². The molecule has 2 nitrogen and oxygen atoms in total. The smallest absolute Gasteiger partial charge is 0.122 e. The van der Waals surface area contributed by atoms with E-state index in [1.165, 1.54) is 0 Å². The van der Waals surface area contributed by atoms with Gasteiger partial charge in [-0.3, -0.25) is 0 Å². The van der Waals surface area contributed by atoms with Crippen molar-refractivity contribution < 1.29 is 9.47 Å². The van der Waals surface area contributed by atoms with Gasteiger partial charge in [-0.25, -0.2) is 0 Å². The number of hydrogen-bond acceptors (Lipinski definition) is 2. The van der Waals surface area contributed by atoms with Gasteiger partial charge < -0.3 is 9.47 Å². The predicted molar refractivity (Wildman–Crippen MR) is 46.1 cm³/mol. The Bertz CT molecular complexity index is 178. The second-order valence-corrected chi connectivity index (χ2v) is 1.92. The lowest BCUT2D eigenvalue weighted by Crippen LogP contribution is -1.85. The van der Waals surface area contributed by atoms with Crippen molar-refractivity contribution in [2.75, 3.05) is 14.2 Å². The lowest BCUT2D eigenvalue weighted by atomic mass is 10.4. The van der Waals surface area contributed by atoms with Gasteiger partial charge in [0, 0.05) is 6.08 Å². The van der Waals surface area contributed by atoms with E-state index >= 15 is 0 Å². The molecule has 0 spiro atoms. The van der Waals surface area contributed by atoms with E-state index in [9.17, 15) is 0 Å². The number of allylic oxidation sites excluding steroid dienone is 3. The van der Waals surface area contributed by atoms with Gasteiger partial charge in [-0.05, 0) is 13.0 Å². The van der Waals surface area contributed by atoms with E-state index in [0.717, 1.165) is 5.76 Å². The minimum absolute atomic E-state index is 0.583. The third kappa shape index (κ3) is 4.25. The van der Waals surface area contributed by atoms with Crippen LogP contribution in [0.3, 0.4) is 0 Å². The zero-order chi connectivity index (χ0) is 8.69. The third-order valence-corrected chi connectivity index (χ3v) is 1.13. The molecule has 0 heterocycles. The zero-order valence-electron chi connectivity index (χ0n) is 7.26. The molecule has 0 radical (unpaired) electrons. The Morgan fingerprint density at radius 3 is 2.27 bits per heavy atom. The van der Waals surface area contributed by atoms with E-state index in [0.29, 0.717) is 5.76 Å². The second-order valence-electron chi connectivity index (χ2n) is 1.92. The van der Waals surface area contributed by atoms with Crippen LogP contribution in [-0.4, -0.2) is 14.2 Å². The molecule has 2 heteroatoms. The fraction of sp³-hybridized carbons (Fsp3) is 0.333. The highest BCUT2D eigenvalue weighted by atomic mass is 16.5. The van der Waals surface area contributed by atoms with Gasteiger partial charge in [-0.2, -0.15) is 0 Å². The number of methoxy groups -OCH3 is 2. The van der Waals surface area contributed by atoms with Gasteiger partial charge in [0.2, 0.25) is 0 Å². The van der Waals surface area contributed by atoms with Gasteiger partial charge in [-0.1, -0.05) is 12.7 Å². The highest BCUT2D eigenvalue weighted by Crippen LogP contribution is 2.03. The summed E-state index contributed by atoms with van der Waals surface area (Å²) in [6.07, 6.45) is 5.45. The molecular formula is C9H14O2. The van der Waals surface area contributed by atoms with Gasteiger partial charge in [-0.15, -0.1) is 0 Å². The Labute approximate surface area is 67.8 Å². The fourth-order valence-electron chi connectivity index (χ4n) is 0.557. The molecule has 0 bridgehead atoms. The summed E-state index contributed by atoms with van der Waals surface area (Å²) in [6.45, 7) is 5.55. The highest BCUT2D eigenvalue weighted by molar-refractivity contribution is 5.20. The second kappa shape index (κ2) is 5.59. The first-order valence-corrected chi connectivity index (χ1v) is 3.36. The molecule has 0 saturated carbocycles. The first-order chi connectivity index (χ1) is 5.24. The molecule has 0 aromatic carbocycles. The summed E-state index contributed by atoms with van der Waals surface area (Å²) in [5, 5.41) is 0. The molecule has 0 saturated heterocycles. The number of ether oxygens (including phenoxy) is 2. The van der Waals surface area contributed by atoms with Crippen LogP contribution < -0.4 is 0 Å². The first kappa shape index (κ1) is 9.82. The minimum Gasteiger partial charge on any atom is -0.497 e. The molecular weight excluding hydrogens is 140 g/mol. The quantitative estimate of drug-likeness (QED) is 0.456. The summed E-state index contributed by atoms with van der Waals surface area (Å²) in [4.78, 5) is 0. The fourth-order valence-corrected chi connectivity index (χ4v) is 0.557. The number of rotatable bonds is 4. The molecule has 0 aliphatic rings. The van der Waals surface area contributed by atoms with Crippen molar-refractivity contribution in [1.29, 1.82) is 0 Å². The van der Waals surface area contributed by atoms with Crippen molar-refractivity contribution >= 4 is 0 Å². The minimum atomic E-state index is 0.583. The van der Waals surface area contributed by atoms with Crippen LogP contribution >= 0.6 is 0 Å². The van der Waals surface area contributed by atoms with Crippen LogP contribution in [0.5, 0.6) is 0 Å². The normalized spacial score (nSPS) is 11.7. The molecule has 0 N–H and O–H groups in total. The lowest BCUT2D eigenvalue weighted by Gasteiger charge is -2.01. The van der Waals surface area contributed by atoms with Gasteiger partial charge in [0.25, 0.3) is 0 Å². The zero-order valence-corrected chi connectivity index (χ0v) is 7.26. The third-order valence-electron chi connectivity index (χ3n) is 1.13. The maximum absolute atomic E-state index is 5.00. The van der Waals surface area contributed by atoms with E-state index in [1.807, 2.05) is 19.1 Å². The molecule has 0 amide bonds. The molecule has 0 aromatic heterocycles. The van der Waals surface area contributed by atoms with Crippen molar-refractivity contribution in [3.05, 3.63) is 36.3 Å². The summed E-state index contributed by atoms with van der Waals surface area (Å²) in [5.74, 6) is 1.32. The Morgan fingerprint density at radius 2 is 1.91 bits per heavy atom. The van der Waals surface area contributed by atoms with Crippen LogP contribution in [0.2, 0.25) is 0 Å². The summed E-state index contributed by atoms with van der Waals surface area (Å²) < 4.78 is 9.84. The average molecular weight is 154 g/mol. The highest BCUT2D eigenvalue weighted by Gasteiger charge is 1.90. The van der Waals surface area contributed by atoms with Crippen LogP contribution in [0, 0.1) is 0 Å². The van der Waals surface area contributed by atoms with E-state index in [-0.39, 0.29) is 0 Å². The Balaban J connectivity index is 4.22. The largest absolute Gasteiger partial charge is 0.497 e. The molecule has 0 fully saturated rings. The molecule has 0 aromatic rings. The van der Waals surface area contributed by atoms with E-state index < -0.39 is 0 Å². The van der Waals surface area contributed by atoms with Gasteiger partial charge >= 0.3 is 0 Å². The standard InChI is InChI=1S/C9H14O2/c1-5-6-9(11-4)7-8(2)10-3/h5-7H,2H2,1,3-4H3/b6-5-,9-7+. The van der Waals surface area contributed by atoms with Gasteiger partial charge in [0.05, 0.1) is 14.2 Å². The summed E-state index contributed by atoms with van der Waals surface area (Å²) in [6, 6.07) is 0. The average Bonchev–Trinajstić information content (AvgIpc) is 2.03. The predicted octanol–water partition coefficient (Wildman–Crippen LogP) is 2.25. The Kier molecular flexibility index (Phi) is 4.99.